The SMILES string of the molecule is CCCOc1ccc(C(=O)NCCCNC(=O)c2ccc(OCCC)cc2)cc1. The van der Waals surface area contributed by atoms with Gasteiger partial charge in [0.15, 0.2) is 0 Å². The minimum atomic E-state index is -0.138. The van der Waals surface area contributed by atoms with Crippen LogP contribution in [-0.2, 0) is 0 Å². The summed E-state index contributed by atoms with van der Waals surface area (Å²) in [6, 6.07) is 14.2. The molecule has 2 rings (SSSR count). The van der Waals surface area contributed by atoms with E-state index in [-0.39, 0.29) is 11.8 Å². The van der Waals surface area contributed by atoms with Crippen LogP contribution in [0.15, 0.2) is 48.5 Å². The van der Waals surface area contributed by atoms with Gasteiger partial charge in [-0.15, -0.1) is 0 Å². The van der Waals surface area contributed by atoms with Crippen LogP contribution in [0.2, 0.25) is 0 Å². The molecule has 0 radical (unpaired) electrons. The summed E-state index contributed by atoms with van der Waals surface area (Å²) in [7, 11) is 0. The fraction of sp³-hybridized carbons (Fsp3) is 0.391. The molecule has 0 spiro atoms. The zero-order valence-electron chi connectivity index (χ0n) is 17.2. The van der Waals surface area contributed by atoms with Crippen LogP contribution < -0.4 is 20.1 Å². The molecule has 0 fully saturated rings. The number of benzene rings is 2. The highest BCUT2D eigenvalue weighted by molar-refractivity contribution is 5.94. The first-order chi connectivity index (χ1) is 14.1. The minimum absolute atomic E-state index is 0.138. The Kier molecular flexibility index (Phi) is 9.55. The summed E-state index contributed by atoms with van der Waals surface area (Å²) in [4.78, 5) is 24.3. The Bertz CT molecular complexity index is 692. The Morgan fingerprint density at radius 2 is 1.07 bits per heavy atom. The molecule has 156 valence electrons. The molecule has 0 aliphatic heterocycles. The van der Waals surface area contributed by atoms with E-state index in [0.717, 1.165) is 24.3 Å². The zero-order valence-corrected chi connectivity index (χ0v) is 17.2. The molecule has 0 bridgehead atoms. The molecule has 6 nitrogen and oxygen atoms in total. The summed E-state index contributed by atoms with van der Waals surface area (Å²) in [6.45, 7) is 6.38. The van der Waals surface area contributed by atoms with Crippen molar-refractivity contribution in [3.63, 3.8) is 0 Å². The van der Waals surface area contributed by atoms with E-state index in [1.54, 1.807) is 48.5 Å². The Hall–Kier alpha value is -3.02. The molecule has 2 amide bonds. The van der Waals surface area contributed by atoms with E-state index in [1.165, 1.54) is 0 Å². The van der Waals surface area contributed by atoms with Crippen LogP contribution in [0, 0.1) is 0 Å². The number of hydrogen-bond acceptors (Lipinski definition) is 4. The van der Waals surface area contributed by atoms with Crippen LogP contribution in [0.1, 0.15) is 53.8 Å². The van der Waals surface area contributed by atoms with E-state index in [9.17, 15) is 9.59 Å². The fourth-order valence-corrected chi connectivity index (χ4v) is 2.54. The first-order valence-corrected chi connectivity index (χ1v) is 10.2. The molecule has 0 saturated carbocycles. The molecule has 0 aliphatic rings. The minimum Gasteiger partial charge on any atom is -0.494 e. The van der Waals surface area contributed by atoms with Crippen molar-refractivity contribution in [1.29, 1.82) is 0 Å². The number of carbonyl (C=O) groups excluding carboxylic acids is 2. The molecule has 0 saturated heterocycles. The third-order valence-corrected chi connectivity index (χ3v) is 4.10. The van der Waals surface area contributed by atoms with Crippen LogP contribution in [0.25, 0.3) is 0 Å². The second-order valence-corrected chi connectivity index (χ2v) is 6.61. The zero-order chi connectivity index (χ0) is 20.9. The normalized spacial score (nSPS) is 10.3. The van der Waals surface area contributed by atoms with Gasteiger partial charge in [0.2, 0.25) is 0 Å². The molecule has 2 aromatic carbocycles. The number of amides is 2. The first-order valence-electron chi connectivity index (χ1n) is 10.2. The second-order valence-electron chi connectivity index (χ2n) is 6.61. The van der Waals surface area contributed by atoms with Gasteiger partial charge in [0.25, 0.3) is 11.8 Å². The third-order valence-electron chi connectivity index (χ3n) is 4.10. The largest absolute Gasteiger partial charge is 0.494 e. The summed E-state index contributed by atoms with van der Waals surface area (Å²) < 4.78 is 11.0. The lowest BCUT2D eigenvalue weighted by molar-refractivity contribution is 0.0951. The average molecular weight is 399 g/mol. The predicted molar refractivity (Wildman–Crippen MR) is 114 cm³/mol. The smallest absolute Gasteiger partial charge is 0.251 e. The monoisotopic (exact) mass is 398 g/mol. The van der Waals surface area contributed by atoms with E-state index in [2.05, 4.69) is 10.6 Å². The van der Waals surface area contributed by atoms with Crippen molar-refractivity contribution in [1.82, 2.24) is 10.6 Å². The molecule has 0 aliphatic carbocycles. The molecule has 29 heavy (non-hydrogen) atoms. The molecule has 2 N–H and O–H groups in total. The Morgan fingerprint density at radius 1 is 0.690 bits per heavy atom. The number of carbonyl (C=O) groups is 2. The van der Waals surface area contributed by atoms with Crippen molar-refractivity contribution in [3.05, 3.63) is 59.7 Å². The van der Waals surface area contributed by atoms with Crippen molar-refractivity contribution in [2.24, 2.45) is 0 Å². The van der Waals surface area contributed by atoms with Gasteiger partial charge in [0.1, 0.15) is 11.5 Å². The van der Waals surface area contributed by atoms with Crippen molar-refractivity contribution in [2.45, 2.75) is 33.1 Å². The molecule has 6 heteroatoms. The summed E-state index contributed by atoms with van der Waals surface area (Å²) in [6.07, 6.45) is 2.53. The van der Waals surface area contributed by atoms with Gasteiger partial charge in [-0.05, 0) is 67.8 Å². The van der Waals surface area contributed by atoms with Gasteiger partial charge < -0.3 is 20.1 Å². The molecule has 0 aromatic heterocycles. The molecular weight excluding hydrogens is 368 g/mol. The van der Waals surface area contributed by atoms with Crippen molar-refractivity contribution < 1.29 is 19.1 Å². The quantitative estimate of drug-likeness (QED) is 0.533. The van der Waals surface area contributed by atoms with E-state index in [1.807, 2.05) is 13.8 Å². The second kappa shape index (κ2) is 12.4. The van der Waals surface area contributed by atoms with Gasteiger partial charge >= 0.3 is 0 Å². The van der Waals surface area contributed by atoms with Crippen molar-refractivity contribution in [2.75, 3.05) is 26.3 Å². The predicted octanol–water partition coefficient (Wildman–Crippen LogP) is 3.81. The summed E-state index contributed by atoms with van der Waals surface area (Å²) in [5, 5.41) is 5.71. The Labute approximate surface area is 172 Å². The molecule has 0 unspecified atom stereocenters. The maximum atomic E-state index is 12.1. The van der Waals surface area contributed by atoms with Gasteiger partial charge in [-0.3, -0.25) is 9.59 Å². The summed E-state index contributed by atoms with van der Waals surface area (Å²) in [5.41, 5.74) is 1.17. The van der Waals surface area contributed by atoms with Crippen LogP contribution in [-0.4, -0.2) is 38.1 Å². The maximum absolute atomic E-state index is 12.1. The molecular formula is C23H30N2O4. The topological polar surface area (TPSA) is 76.7 Å². The third kappa shape index (κ3) is 7.86. The van der Waals surface area contributed by atoms with E-state index >= 15 is 0 Å². The highest BCUT2D eigenvalue weighted by Crippen LogP contribution is 2.13. The van der Waals surface area contributed by atoms with E-state index in [0.29, 0.717) is 43.9 Å². The van der Waals surface area contributed by atoms with Gasteiger partial charge in [0.05, 0.1) is 13.2 Å². The van der Waals surface area contributed by atoms with Crippen molar-refractivity contribution >= 4 is 11.8 Å². The number of ether oxygens (including phenoxy) is 2. The van der Waals surface area contributed by atoms with E-state index < -0.39 is 0 Å². The lowest BCUT2D eigenvalue weighted by atomic mass is 10.2. The fourth-order valence-electron chi connectivity index (χ4n) is 2.54. The Balaban J connectivity index is 1.65. The molecule has 0 atom stereocenters. The van der Waals surface area contributed by atoms with Crippen LogP contribution in [0.3, 0.4) is 0 Å². The molecule has 0 heterocycles. The average Bonchev–Trinajstić information content (AvgIpc) is 2.76. The maximum Gasteiger partial charge on any atom is 0.251 e. The van der Waals surface area contributed by atoms with Gasteiger partial charge in [-0.25, -0.2) is 0 Å². The van der Waals surface area contributed by atoms with E-state index in [4.69, 9.17) is 9.47 Å². The van der Waals surface area contributed by atoms with Crippen LogP contribution in [0.5, 0.6) is 11.5 Å². The van der Waals surface area contributed by atoms with Crippen LogP contribution in [0.4, 0.5) is 0 Å². The highest BCUT2D eigenvalue weighted by Gasteiger charge is 2.07. The van der Waals surface area contributed by atoms with Gasteiger partial charge in [-0.1, -0.05) is 13.8 Å². The summed E-state index contributed by atoms with van der Waals surface area (Å²) in [5.74, 6) is 1.24. The number of hydrogen-bond donors (Lipinski definition) is 2. The molecule has 2 aromatic rings. The van der Waals surface area contributed by atoms with Crippen molar-refractivity contribution in [3.8, 4) is 11.5 Å². The van der Waals surface area contributed by atoms with Crippen LogP contribution >= 0.6 is 0 Å². The summed E-state index contributed by atoms with van der Waals surface area (Å²) >= 11 is 0. The van der Waals surface area contributed by atoms with Gasteiger partial charge in [-0.2, -0.15) is 0 Å². The number of rotatable bonds is 12. The number of nitrogens with one attached hydrogen (secondary N) is 2. The van der Waals surface area contributed by atoms with Gasteiger partial charge in [0, 0.05) is 24.2 Å². The highest BCUT2D eigenvalue weighted by atomic mass is 16.5. The lowest BCUT2D eigenvalue weighted by Gasteiger charge is -2.09. The lowest BCUT2D eigenvalue weighted by Crippen LogP contribution is -2.29. The Morgan fingerprint density at radius 3 is 1.41 bits per heavy atom. The first kappa shape index (κ1) is 22.3. The standard InChI is InChI=1S/C23H30N2O4/c1-3-16-28-20-10-6-18(7-11-20)22(26)24-14-5-15-25-23(27)19-8-12-21(13-9-19)29-17-4-2/h6-13H,3-5,14-17H2,1-2H3,(H,24,26)(H,25,27).